The molecular formula is C14H15FN2O3S. The van der Waals surface area contributed by atoms with Crippen LogP contribution in [0.4, 0.5) is 4.39 Å². The Kier molecular flexibility index (Phi) is 3.86. The molecule has 1 N–H and O–H groups in total. The first-order chi connectivity index (χ1) is 10.1. The Bertz CT molecular complexity index is 688. The number of thioether (sulfide) groups is 1. The minimum absolute atomic E-state index is 0.00477. The normalized spacial score (nSPS) is 22.0. The van der Waals surface area contributed by atoms with E-state index < -0.39 is 5.97 Å². The van der Waals surface area contributed by atoms with E-state index in [2.05, 4.69) is 4.98 Å². The van der Waals surface area contributed by atoms with E-state index in [1.165, 1.54) is 12.1 Å². The lowest BCUT2D eigenvalue weighted by atomic mass is 10.1. The number of imidazole rings is 1. The lowest BCUT2D eigenvalue weighted by Gasteiger charge is -2.19. The van der Waals surface area contributed by atoms with Crippen LogP contribution in [-0.4, -0.2) is 39.1 Å². The number of carbonyl (C=O) groups is 1. The standard InChI is InChI=1S/C14H15FN2O3S/c1-8-11(4-5-20-8)17-12-6-9(15)2-3-10(12)16-14(17)21-7-13(18)19/h2-3,6,8,11H,4-5,7H2,1H3,(H,18,19). The molecule has 1 fully saturated rings. The zero-order valence-corrected chi connectivity index (χ0v) is 12.3. The fraction of sp³-hybridized carbons (Fsp3) is 0.429. The van der Waals surface area contributed by atoms with Gasteiger partial charge in [0.2, 0.25) is 0 Å². The maximum Gasteiger partial charge on any atom is 0.313 e. The Morgan fingerprint density at radius 2 is 2.43 bits per heavy atom. The first-order valence-corrected chi connectivity index (χ1v) is 7.68. The minimum atomic E-state index is -0.902. The van der Waals surface area contributed by atoms with E-state index in [4.69, 9.17) is 9.84 Å². The van der Waals surface area contributed by atoms with Crippen LogP contribution < -0.4 is 0 Å². The molecule has 0 radical (unpaired) electrons. The molecular weight excluding hydrogens is 295 g/mol. The first kappa shape index (κ1) is 14.3. The molecule has 1 aromatic heterocycles. The molecule has 5 nitrogen and oxygen atoms in total. The summed E-state index contributed by atoms with van der Waals surface area (Å²) in [5.74, 6) is -1.31. The van der Waals surface area contributed by atoms with Crippen molar-refractivity contribution < 1.29 is 19.0 Å². The van der Waals surface area contributed by atoms with E-state index in [9.17, 15) is 9.18 Å². The van der Waals surface area contributed by atoms with Gasteiger partial charge in [0.1, 0.15) is 5.82 Å². The second-order valence-electron chi connectivity index (χ2n) is 5.01. The van der Waals surface area contributed by atoms with Crippen molar-refractivity contribution in [2.24, 2.45) is 0 Å². The van der Waals surface area contributed by atoms with Gasteiger partial charge in [0.25, 0.3) is 0 Å². The quantitative estimate of drug-likeness (QED) is 0.880. The Balaban J connectivity index is 2.09. The molecule has 2 atom stereocenters. The summed E-state index contributed by atoms with van der Waals surface area (Å²) < 4.78 is 21.1. The van der Waals surface area contributed by atoms with Crippen LogP contribution >= 0.6 is 11.8 Å². The molecule has 112 valence electrons. The first-order valence-electron chi connectivity index (χ1n) is 6.70. The molecule has 7 heteroatoms. The van der Waals surface area contributed by atoms with Gasteiger partial charge in [-0.25, -0.2) is 9.37 Å². The highest BCUT2D eigenvalue weighted by atomic mass is 32.2. The number of aliphatic carboxylic acids is 1. The van der Waals surface area contributed by atoms with Crippen LogP contribution in [0.25, 0.3) is 11.0 Å². The number of benzene rings is 1. The highest BCUT2D eigenvalue weighted by Gasteiger charge is 2.29. The van der Waals surface area contributed by atoms with Crippen molar-refractivity contribution in [3.8, 4) is 0 Å². The number of aromatic nitrogens is 2. The Hall–Kier alpha value is -1.60. The summed E-state index contributed by atoms with van der Waals surface area (Å²) in [6, 6.07) is 4.47. The lowest BCUT2D eigenvalue weighted by molar-refractivity contribution is -0.133. The second kappa shape index (κ2) is 5.65. The van der Waals surface area contributed by atoms with Gasteiger partial charge in [-0.1, -0.05) is 11.8 Å². The van der Waals surface area contributed by atoms with E-state index in [-0.39, 0.29) is 23.7 Å². The zero-order chi connectivity index (χ0) is 15.0. The summed E-state index contributed by atoms with van der Waals surface area (Å²) >= 11 is 1.15. The van der Waals surface area contributed by atoms with Gasteiger partial charge in [0.15, 0.2) is 5.16 Å². The third-order valence-electron chi connectivity index (χ3n) is 3.61. The van der Waals surface area contributed by atoms with Crippen molar-refractivity contribution in [3.05, 3.63) is 24.0 Å². The van der Waals surface area contributed by atoms with Crippen LogP contribution in [-0.2, 0) is 9.53 Å². The van der Waals surface area contributed by atoms with Crippen molar-refractivity contribution >= 4 is 28.8 Å². The highest BCUT2D eigenvalue weighted by molar-refractivity contribution is 7.99. The van der Waals surface area contributed by atoms with Crippen molar-refractivity contribution in [3.63, 3.8) is 0 Å². The molecule has 0 spiro atoms. The molecule has 0 bridgehead atoms. The van der Waals surface area contributed by atoms with Gasteiger partial charge in [-0.2, -0.15) is 0 Å². The average Bonchev–Trinajstić information content (AvgIpc) is 2.99. The Morgan fingerprint density at radius 1 is 1.62 bits per heavy atom. The topological polar surface area (TPSA) is 64.3 Å². The second-order valence-corrected chi connectivity index (χ2v) is 5.95. The maximum absolute atomic E-state index is 13.6. The number of fused-ring (bicyclic) bond motifs is 1. The smallest absolute Gasteiger partial charge is 0.313 e. The van der Waals surface area contributed by atoms with Gasteiger partial charge in [0.05, 0.1) is 28.9 Å². The summed E-state index contributed by atoms with van der Waals surface area (Å²) in [7, 11) is 0. The fourth-order valence-corrected chi connectivity index (χ4v) is 3.44. The van der Waals surface area contributed by atoms with Gasteiger partial charge in [0, 0.05) is 6.61 Å². The van der Waals surface area contributed by atoms with Gasteiger partial charge in [-0.15, -0.1) is 0 Å². The molecule has 2 aromatic rings. The van der Waals surface area contributed by atoms with E-state index in [1.54, 1.807) is 6.07 Å². The summed E-state index contributed by atoms with van der Waals surface area (Å²) in [5.41, 5.74) is 1.36. The van der Waals surface area contributed by atoms with E-state index in [0.717, 1.165) is 18.2 Å². The number of hydrogen-bond donors (Lipinski definition) is 1. The number of ether oxygens (including phenoxy) is 1. The van der Waals surface area contributed by atoms with Gasteiger partial charge in [-0.05, 0) is 31.5 Å². The summed E-state index contributed by atoms with van der Waals surface area (Å²) in [4.78, 5) is 15.2. The van der Waals surface area contributed by atoms with Gasteiger partial charge < -0.3 is 14.4 Å². The van der Waals surface area contributed by atoms with Gasteiger partial charge >= 0.3 is 5.97 Å². The van der Waals surface area contributed by atoms with Crippen LogP contribution in [0.3, 0.4) is 0 Å². The molecule has 0 aliphatic carbocycles. The minimum Gasteiger partial charge on any atom is -0.481 e. The molecule has 1 aliphatic rings. The monoisotopic (exact) mass is 310 g/mol. The molecule has 3 rings (SSSR count). The molecule has 2 unspecified atom stereocenters. The summed E-state index contributed by atoms with van der Waals surface area (Å²) in [5, 5.41) is 9.46. The number of carboxylic acids is 1. The van der Waals surface area contributed by atoms with Crippen LogP contribution in [0.5, 0.6) is 0 Å². The molecule has 0 saturated carbocycles. The molecule has 1 saturated heterocycles. The van der Waals surface area contributed by atoms with Crippen molar-refractivity contribution in [1.82, 2.24) is 9.55 Å². The number of nitrogens with zero attached hydrogens (tertiary/aromatic N) is 2. The third-order valence-corrected chi connectivity index (χ3v) is 4.55. The van der Waals surface area contributed by atoms with Crippen molar-refractivity contribution in [2.75, 3.05) is 12.4 Å². The molecule has 21 heavy (non-hydrogen) atoms. The SMILES string of the molecule is CC1OCCC1n1c(SCC(=O)O)nc2ccc(F)cc21. The van der Waals surface area contributed by atoms with Crippen LogP contribution in [0.15, 0.2) is 23.4 Å². The third kappa shape index (κ3) is 2.75. The number of rotatable bonds is 4. The van der Waals surface area contributed by atoms with Crippen LogP contribution in [0.2, 0.25) is 0 Å². The lowest BCUT2D eigenvalue weighted by Crippen LogP contribution is -2.18. The maximum atomic E-state index is 13.6. The van der Waals surface area contributed by atoms with Crippen molar-refractivity contribution in [1.29, 1.82) is 0 Å². The zero-order valence-electron chi connectivity index (χ0n) is 11.5. The fourth-order valence-electron chi connectivity index (χ4n) is 2.65. The largest absolute Gasteiger partial charge is 0.481 e. The summed E-state index contributed by atoms with van der Waals surface area (Å²) in [6.45, 7) is 2.61. The van der Waals surface area contributed by atoms with Crippen LogP contribution in [0, 0.1) is 5.82 Å². The van der Waals surface area contributed by atoms with E-state index in [1.807, 2.05) is 11.5 Å². The van der Waals surface area contributed by atoms with Crippen LogP contribution in [0.1, 0.15) is 19.4 Å². The Morgan fingerprint density at radius 3 is 3.10 bits per heavy atom. The predicted octanol–water partition coefficient (Wildman–Crippen LogP) is 2.70. The van der Waals surface area contributed by atoms with Gasteiger partial charge in [-0.3, -0.25) is 4.79 Å². The molecule has 1 aliphatic heterocycles. The molecule has 1 aromatic carbocycles. The Labute approximate surface area is 125 Å². The summed E-state index contributed by atoms with van der Waals surface area (Å²) in [6.07, 6.45) is 0.805. The molecule has 0 amide bonds. The molecule has 2 heterocycles. The highest BCUT2D eigenvalue weighted by Crippen LogP contribution is 2.34. The van der Waals surface area contributed by atoms with Crippen molar-refractivity contribution in [2.45, 2.75) is 30.6 Å². The number of carboxylic acid groups (broad SMARTS) is 1. The average molecular weight is 310 g/mol. The number of hydrogen-bond acceptors (Lipinski definition) is 4. The van der Waals surface area contributed by atoms with E-state index >= 15 is 0 Å². The predicted molar refractivity (Wildman–Crippen MR) is 77.1 cm³/mol. The number of halogens is 1. The van der Waals surface area contributed by atoms with E-state index in [0.29, 0.717) is 22.8 Å².